The number of benzene rings is 1. The molecule has 19 heavy (non-hydrogen) atoms. The van der Waals surface area contributed by atoms with Crippen molar-refractivity contribution >= 4 is 11.6 Å². The van der Waals surface area contributed by atoms with Crippen LogP contribution in [0.25, 0.3) is 0 Å². The van der Waals surface area contributed by atoms with Gasteiger partial charge in [0.1, 0.15) is 0 Å². The topological polar surface area (TPSA) is 3.24 Å². The van der Waals surface area contributed by atoms with Gasteiger partial charge in [-0.25, -0.2) is 0 Å². The van der Waals surface area contributed by atoms with Gasteiger partial charge in [-0.2, -0.15) is 0 Å². The van der Waals surface area contributed by atoms with Crippen LogP contribution in [-0.4, -0.2) is 25.0 Å². The molecule has 0 radical (unpaired) electrons. The molecule has 106 valence electrons. The smallest absolute Gasteiger partial charge is 0.0406 e. The fraction of sp³-hybridized carbons (Fsp3) is 0.647. The average Bonchev–Trinajstić information content (AvgIpc) is 2.36. The van der Waals surface area contributed by atoms with E-state index < -0.39 is 6.98 Å². The molecule has 2 rings (SSSR count). The van der Waals surface area contributed by atoms with Crippen LogP contribution in [0.3, 0.4) is 0 Å². The molecule has 0 N–H and O–H groups in total. The number of hydrogen-bond donors (Lipinski definition) is 0. The van der Waals surface area contributed by atoms with Gasteiger partial charge in [0, 0.05) is 20.6 Å². The molecule has 0 bridgehead atoms. The Kier molecular flexibility index (Phi) is 3.44. The fourth-order valence-electron chi connectivity index (χ4n) is 3.35. The van der Waals surface area contributed by atoms with Crippen LogP contribution in [0.1, 0.15) is 49.2 Å². The summed E-state index contributed by atoms with van der Waals surface area (Å²) in [5.41, 5.74) is 1.17. The Hall–Kier alpha value is -0.530. The van der Waals surface area contributed by atoms with Crippen molar-refractivity contribution in [2.45, 2.75) is 51.0 Å². The highest BCUT2D eigenvalue weighted by Gasteiger charge is 2.46. The highest BCUT2D eigenvalue weighted by atomic mass is 35.5. The second-order valence-electron chi connectivity index (χ2n) is 6.27. The maximum absolute atomic E-state index is 7.83. The molecule has 1 nitrogen and oxygen atoms in total. The monoisotopic (exact) mass is 282 g/mol. The van der Waals surface area contributed by atoms with E-state index in [1.807, 2.05) is 12.1 Å². The van der Waals surface area contributed by atoms with Gasteiger partial charge in [-0.1, -0.05) is 44.0 Å². The number of halogens is 1. The van der Waals surface area contributed by atoms with Gasteiger partial charge in [0.25, 0.3) is 0 Å². The quantitative estimate of drug-likeness (QED) is 0.754. The summed E-state index contributed by atoms with van der Waals surface area (Å²) in [6.45, 7) is 2.26. The summed E-state index contributed by atoms with van der Waals surface area (Å²) in [5.74, 6) is 0.458. The normalized spacial score (nSPS) is 22.5. The minimum absolute atomic E-state index is 0.0231. The van der Waals surface area contributed by atoms with Crippen molar-refractivity contribution < 1.29 is 4.11 Å². The molecule has 1 aliphatic carbocycles. The average molecular weight is 283 g/mol. The van der Waals surface area contributed by atoms with Gasteiger partial charge in [0.05, 0.1) is 0 Å². The van der Waals surface area contributed by atoms with Crippen molar-refractivity contribution in [2.24, 2.45) is 5.92 Å². The van der Waals surface area contributed by atoms with Crippen LogP contribution in [0.2, 0.25) is 5.02 Å². The highest BCUT2D eigenvalue weighted by Crippen LogP contribution is 2.49. The number of rotatable bonds is 5. The first-order valence-electron chi connectivity index (χ1n) is 8.66. The van der Waals surface area contributed by atoms with Gasteiger partial charge in [-0.05, 0) is 56.9 Å². The van der Waals surface area contributed by atoms with Crippen LogP contribution in [-0.2, 0) is 5.41 Å². The molecule has 0 saturated heterocycles. The summed E-state index contributed by atoms with van der Waals surface area (Å²) in [7, 11) is 1.75. The molecule has 1 aliphatic rings. The molecule has 0 heterocycles. The summed E-state index contributed by atoms with van der Waals surface area (Å²) < 4.78 is 23.5. The largest absolute Gasteiger partial charge is 0.306 e. The standard InChI is InChI=1S/C17H26ClN/c1-13(2)12-16(19(3)4)17(10-5-11-17)14-6-8-15(18)9-7-14/h6-9,13,16H,5,10-12H2,1-4H3/i3D3. The van der Waals surface area contributed by atoms with Gasteiger partial charge < -0.3 is 4.90 Å². The lowest BCUT2D eigenvalue weighted by Crippen LogP contribution is -2.52. The minimum Gasteiger partial charge on any atom is -0.306 e. The molecule has 1 aromatic rings. The third-order valence-corrected chi connectivity index (χ3v) is 4.72. The minimum atomic E-state index is -2.06. The fourth-order valence-corrected chi connectivity index (χ4v) is 3.48. The molecule has 2 heteroatoms. The van der Waals surface area contributed by atoms with E-state index in [0.29, 0.717) is 5.92 Å². The van der Waals surface area contributed by atoms with Crippen LogP contribution in [0, 0.1) is 5.92 Å². The molecule has 0 spiro atoms. The molecule has 0 amide bonds. The molecule has 0 aromatic heterocycles. The van der Waals surface area contributed by atoms with E-state index in [-0.39, 0.29) is 11.5 Å². The third-order valence-electron chi connectivity index (χ3n) is 4.46. The van der Waals surface area contributed by atoms with Crippen molar-refractivity contribution in [1.29, 1.82) is 0 Å². The Labute approximate surface area is 127 Å². The third kappa shape index (κ3) is 2.98. The molecular weight excluding hydrogens is 254 g/mol. The summed E-state index contributed by atoms with van der Waals surface area (Å²) in [6, 6.07) is 8.00. The van der Waals surface area contributed by atoms with Crippen molar-refractivity contribution in [2.75, 3.05) is 14.0 Å². The van der Waals surface area contributed by atoms with Gasteiger partial charge in [0.2, 0.25) is 0 Å². The van der Waals surface area contributed by atoms with Crippen molar-refractivity contribution in [1.82, 2.24) is 4.90 Å². The van der Waals surface area contributed by atoms with Gasteiger partial charge in [-0.15, -0.1) is 0 Å². The van der Waals surface area contributed by atoms with Gasteiger partial charge >= 0.3 is 0 Å². The number of likely N-dealkylation sites (N-methyl/N-ethyl adjacent to an activating group) is 1. The van der Waals surface area contributed by atoms with E-state index in [1.165, 1.54) is 5.56 Å². The van der Waals surface area contributed by atoms with Crippen LogP contribution in [0.4, 0.5) is 0 Å². The molecule has 1 aromatic carbocycles. The lowest BCUT2D eigenvalue weighted by molar-refractivity contribution is 0.0808. The second-order valence-corrected chi connectivity index (χ2v) is 6.71. The first-order valence-corrected chi connectivity index (χ1v) is 7.53. The van der Waals surface area contributed by atoms with Crippen LogP contribution < -0.4 is 0 Å². The van der Waals surface area contributed by atoms with Crippen LogP contribution in [0.15, 0.2) is 24.3 Å². The zero-order valence-corrected chi connectivity index (χ0v) is 12.9. The lowest BCUT2D eigenvalue weighted by atomic mass is 9.58. The summed E-state index contributed by atoms with van der Waals surface area (Å²) >= 11 is 6.02. The Morgan fingerprint density at radius 2 is 1.95 bits per heavy atom. The second kappa shape index (κ2) is 5.85. The molecule has 0 aliphatic heterocycles. The number of hydrogen-bond acceptors (Lipinski definition) is 1. The molecule has 1 atom stereocenters. The van der Waals surface area contributed by atoms with Gasteiger partial charge in [0.15, 0.2) is 0 Å². The predicted octanol–water partition coefficient (Wildman–Crippen LogP) is 4.74. The molecule has 1 fully saturated rings. The van der Waals surface area contributed by atoms with Crippen molar-refractivity contribution in [3.63, 3.8) is 0 Å². The van der Waals surface area contributed by atoms with E-state index in [1.54, 1.807) is 11.9 Å². The maximum Gasteiger partial charge on any atom is 0.0406 e. The van der Waals surface area contributed by atoms with E-state index in [4.69, 9.17) is 15.7 Å². The van der Waals surface area contributed by atoms with Crippen LogP contribution >= 0.6 is 11.6 Å². The first-order chi connectivity index (χ1) is 10.2. The zero-order valence-electron chi connectivity index (χ0n) is 15.1. The van der Waals surface area contributed by atoms with Gasteiger partial charge in [-0.3, -0.25) is 0 Å². The predicted molar refractivity (Wildman–Crippen MR) is 83.9 cm³/mol. The highest BCUT2D eigenvalue weighted by molar-refractivity contribution is 6.30. The zero-order chi connectivity index (χ0) is 16.5. The molecule has 1 unspecified atom stereocenters. The van der Waals surface area contributed by atoms with E-state index >= 15 is 0 Å². The summed E-state index contributed by atoms with van der Waals surface area (Å²) in [5, 5.41) is 0.725. The molecule has 1 saturated carbocycles. The maximum atomic E-state index is 7.83. The molecular formula is C17H26ClN. The SMILES string of the molecule is [2H]C([2H])([2H])N(C)C(CC(C)C)C1(c2ccc(Cl)cc2)CCC1. The Morgan fingerprint density at radius 1 is 1.32 bits per heavy atom. The van der Waals surface area contributed by atoms with E-state index in [0.717, 1.165) is 30.7 Å². The summed E-state index contributed by atoms with van der Waals surface area (Å²) in [4.78, 5) is 1.61. The Bertz CT molecular complexity index is 492. The lowest BCUT2D eigenvalue weighted by Gasteiger charge is -2.51. The Balaban J connectivity index is 2.40. The Morgan fingerprint density at radius 3 is 2.37 bits per heavy atom. The van der Waals surface area contributed by atoms with E-state index in [2.05, 4.69) is 26.0 Å². The van der Waals surface area contributed by atoms with Crippen molar-refractivity contribution in [3.05, 3.63) is 34.9 Å². The van der Waals surface area contributed by atoms with Crippen LogP contribution in [0.5, 0.6) is 0 Å². The number of nitrogens with zero attached hydrogens (tertiary/aromatic N) is 1. The van der Waals surface area contributed by atoms with E-state index in [9.17, 15) is 0 Å². The summed E-state index contributed by atoms with van der Waals surface area (Å²) in [6.07, 6.45) is 4.14. The van der Waals surface area contributed by atoms with Crippen molar-refractivity contribution in [3.8, 4) is 0 Å². The first kappa shape index (κ1) is 11.2.